The van der Waals surface area contributed by atoms with E-state index in [-0.39, 0.29) is 11.6 Å². The van der Waals surface area contributed by atoms with Crippen LogP contribution < -0.4 is 10.9 Å². The molecule has 0 atom stereocenters. The van der Waals surface area contributed by atoms with E-state index in [2.05, 4.69) is 15.2 Å². The molecular formula is C12H11Cl2N3O3S. The van der Waals surface area contributed by atoms with Crippen molar-refractivity contribution in [3.8, 4) is 0 Å². The van der Waals surface area contributed by atoms with Crippen molar-refractivity contribution >= 4 is 46.2 Å². The number of methoxy groups -OCH3 is 1. The van der Waals surface area contributed by atoms with Crippen LogP contribution in [0.3, 0.4) is 0 Å². The third kappa shape index (κ3) is 3.96. The van der Waals surface area contributed by atoms with Gasteiger partial charge in [0, 0.05) is 11.4 Å². The molecule has 0 aliphatic rings. The van der Waals surface area contributed by atoms with Crippen LogP contribution in [0, 0.1) is 0 Å². The number of carbonyl (C=O) groups excluding carboxylic acids is 1. The summed E-state index contributed by atoms with van der Waals surface area (Å²) in [4.78, 5) is 24.1. The van der Waals surface area contributed by atoms with Crippen LogP contribution in [0.25, 0.3) is 0 Å². The van der Waals surface area contributed by atoms with Gasteiger partial charge >= 0.3 is 5.97 Å². The van der Waals surface area contributed by atoms with Gasteiger partial charge in [0.25, 0.3) is 5.56 Å². The Morgan fingerprint density at radius 3 is 2.86 bits per heavy atom. The zero-order valence-corrected chi connectivity index (χ0v) is 13.3. The molecule has 2 aromatic rings. The molecule has 0 aliphatic heterocycles. The van der Waals surface area contributed by atoms with Gasteiger partial charge in [-0.3, -0.25) is 9.59 Å². The number of aromatic nitrogens is 2. The number of halogens is 2. The Hall–Kier alpha value is -1.57. The van der Waals surface area contributed by atoms with Crippen LogP contribution in [-0.2, 0) is 22.6 Å². The van der Waals surface area contributed by atoms with Crippen molar-refractivity contribution in [2.45, 2.75) is 13.1 Å². The van der Waals surface area contributed by atoms with E-state index in [9.17, 15) is 9.59 Å². The highest BCUT2D eigenvalue weighted by Crippen LogP contribution is 2.23. The standard InChI is InChI=1S/C12H11Cl2N3O3S/c1-20-10(18)6-17-12(19)11(14)8(5-16-17)15-4-7-2-3-9(13)21-7/h2-3,5,15H,4,6H2,1H3. The first-order valence-electron chi connectivity index (χ1n) is 5.81. The molecule has 9 heteroatoms. The highest BCUT2D eigenvalue weighted by Gasteiger charge is 2.12. The first-order chi connectivity index (χ1) is 10.0. The highest BCUT2D eigenvalue weighted by molar-refractivity contribution is 7.16. The number of carbonyl (C=O) groups is 1. The maximum atomic E-state index is 12.0. The van der Waals surface area contributed by atoms with Gasteiger partial charge in [0.2, 0.25) is 0 Å². The van der Waals surface area contributed by atoms with Crippen LogP contribution in [0.1, 0.15) is 4.88 Å². The molecule has 0 unspecified atom stereocenters. The minimum absolute atomic E-state index is 0.0310. The van der Waals surface area contributed by atoms with Crippen molar-refractivity contribution in [3.05, 3.63) is 42.9 Å². The Labute approximate surface area is 134 Å². The molecule has 2 aromatic heterocycles. The Bertz CT molecular complexity index is 714. The van der Waals surface area contributed by atoms with E-state index in [1.54, 1.807) is 6.07 Å². The van der Waals surface area contributed by atoms with Gasteiger partial charge in [0.05, 0.1) is 23.3 Å². The number of rotatable bonds is 5. The van der Waals surface area contributed by atoms with E-state index in [0.29, 0.717) is 16.6 Å². The molecule has 0 radical (unpaired) electrons. The summed E-state index contributed by atoms with van der Waals surface area (Å²) in [5.41, 5.74) is -0.163. The summed E-state index contributed by atoms with van der Waals surface area (Å²) in [5.74, 6) is -0.574. The summed E-state index contributed by atoms with van der Waals surface area (Å²) in [6.07, 6.45) is 1.39. The Morgan fingerprint density at radius 1 is 1.48 bits per heavy atom. The fraction of sp³-hybridized carbons (Fsp3) is 0.250. The predicted molar refractivity (Wildman–Crippen MR) is 82.2 cm³/mol. The highest BCUT2D eigenvalue weighted by atomic mass is 35.5. The van der Waals surface area contributed by atoms with Gasteiger partial charge < -0.3 is 10.1 Å². The molecule has 0 amide bonds. The van der Waals surface area contributed by atoms with Crippen molar-refractivity contribution in [1.82, 2.24) is 9.78 Å². The van der Waals surface area contributed by atoms with E-state index in [0.717, 1.165) is 9.56 Å². The number of thiophene rings is 1. The minimum atomic E-state index is -0.574. The number of esters is 1. The Balaban J connectivity index is 2.13. The Morgan fingerprint density at radius 2 is 2.24 bits per heavy atom. The largest absolute Gasteiger partial charge is 0.468 e. The van der Waals surface area contributed by atoms with Gasteiger partial charge in [0.15, 0.2) is 0 Å². The van der Waals surface area contributed by atoms with E-state index in [4.69, 9.17) is 23.2 Å². The van der Waals surface area contributed by atoms with E-state index < -0.39 is 11.5 Å². The molecule has 6 nitrogen and oxygen atoms in total. The molecule has 2 rings (SSSR count). The fourth-order valence-corrected chi connectivity index (χ4v) is 2.76. The molecule has 0 aliphatic carbocycles. The van der Waals surface area contributed by atoms with Gasteiger partial charge in [-0.15, -0.1) is 11.3 Å². The van der Waals surface area contributed by atoms with Crippen LogP contribution in [0.5, 0.6) is 0 Å². The normalized spacial score (nSPS) is 10.4. The van der Waals surface area contributed by atoms with Crippen LogP contribution in [0.2, 0.25) is 9.36 Å². The van der Waals surface area contributed by atoms with Crippen molar-refractivity contribution in [3.63, 3.8) is 0 Å². The van der Waals surface area contributed by atoms with Gasteiger partial charge in [-0.25, -0.2) is 4.68 Å². The number of nitrogens with zero attached hydrogens (tertiary/aromatic N) is 2. The lowest BCUT2D eigenvalue weighted by Gasteiger charge is -2.09. The molecule has 2 heterocycles. The van der Waals surface area contributed by atoms with Crippen LogP contribution in [0.4, 0.5) is 5.69 Å². The third-order valence-corrected chi connectivity index (χ3v) is 4.17. The molecule has 1 N–H and O–H groups in total. The van der Waals surface area contributed by atoms with Gasteiger partial charge in [0.1, 0.15) is 11.6 Å². The summed E-state index contributed by atoms with van der Waals surface area (Å²) < 4.78 is 6.11. The maximum Gasteiger partial charge on any atom is 0.327 e. The number of nitrogens with one attached hydrogen (secondary N) is 1. The van der Waals surface area contributed by atoms with Crippen molar-refractivity contribution < 1.29 is 9.53 Å². The van der Waals surface area contributed by atoms with E-state index >= 15 is 0 Å². The average Bonchev–Trinajstić information content (AvgIpc) is 2.88. The second-order valence-electron chi connectivity index (χ2n) is 3.97. The maximum absolute atomic E-state index is 12.0. The lowest BCUT2D eigenvalue weighted by atomic mass is 10.4. The van der Waals surface area contributed by atoms with Gasteiger partial charge in [-0.1, -0.05) is 23.2 Å². The molecule has 0 spiro atoms. The van der Waals surface area contributed by atoms with E-state index in [1.807, 2.05) is 6.07 Å². The number of ether oxygens (including phenoxy) is 1. The summed E-state index contributed by atoms with van der Waals surface area (Å²) in [6.45, 7) is 0.190. The first kappa shape index (κ1) is 15.8. The number of hydrogen-bond acceptors (Lipinski definition) is 6. The summed E-state index contributed by atoms with van der Waals surface area (Å²) in [5, 5.41) is 6.85. The molecule has 112 valence electrons. The molecule has 21 heavy (non-hydrogen) atoms. The summed E-state index contributed by atoms with van der Waals surface area (Å²) >= 11 is 13.2. The predicted octanol–water partition coefficient (Wildman–Crippen LogP) is 2.40. The lowest BCUT2D eigenvalue weighted by Crippen LogP contribution is -2.28. The molecule has 0 saturated heterocycles. The molecule has 0 bridgehead atoms. The van der Waals surface area contributed by atoms with Crippen LogP contribution in [-0.4, -0.2) is 22.9 Å². The summed E-state index contributed by atoms with van der Waals surface area (Å²) in [6, 6.07) is 3.66. The first-order valence-corrected chi connectivity index (χ1v) is 7.39. The van der Waals surface area contributed by atoms with Gasteiger partial charge in [-0.05, 0) is 12.1 Å². The molecule has 0 aromatic carbocycles. The molecule has 0 fully saturated rings. The smallest absolute Gasteiger partial charge is 0.327 e. The van der Waals surface area contributed by atoms with Gasteiger partial charge in [-0.2, -0.15) is 5.10 Å². The van der Waals surface area contributed by atoms with Crippen LogP contribution >= 0.6 is 34.5 Å². The van der Waals surface area contributed by atoms with Crippen molar-refractivity contribution in [1.29, 1.82) is 0 Å². The minimum Gasteiger partial charge on any atom is -0.468 e. The van der Waals surface area contributed by atoms with Crippen LogP contribution in [0.15, 0.2) is 23.1 Å². The topological polar surface area (TPSA) is 73.2 Å². The monoisotopic (exact) mass is 347 g/mol. The quantitative estimate of drug-likeness (QED) is 0.840. The average molecular weight is 348 g/mol. The zero-order chi connectivity index (χ0) is 15.4. The molecular weight excluding hydrogens is 337 g/mol. The zero-order valence-electron chi connectivity index (χ0n) is 10.9. The van der Waals surface area contributed by atoms with E-state index in [1.165, 1.54) is 24.6 Å². The molecule has 0 saturated carbocycles. The second kappa shape index (κ2) is 6.93. The Kier molecular flexibility index (Phi) is 5.22. The number of hydrogen-bond donors (Lipinski definition) is 1. The fourth-order valence-electron chi connectivity index (χ4n) is 1.52. The van der Waals surface area contributed by atoms with Crippen molar-refractivity contribution in [2.75, 3.05) is 12.4 Å². The SMILES string of the molecule is COC(=O)Cn1ncc(NCc2ccc(Cl)s2)c(Cl)c1=O. The summed E-state index contributed by atoms with van der Waals surface area (Å²) in [7, 11) is 1.23. The second-order valence-corrected chi connectivity index (χ2v) is 6.15. The van der Waals surface area contributed by atoms with Crippen molar-refractivity contribution in [2.24, 2.45) is 0 Å². The third-order valence-electron chi connectivity index (χ3n) is 2.57. The lowest BCUT2D eigenvalue weighted by molar-refractivity contribution is -0.141. The number of anilines is 1.